The second-order valence-electron chi connectivity index (χ2n) is 11.4. The van der Waals surface area contributed by atoms with Gasteiger partial charge in [-0.1, -0.05) is 12.5 Å². The van der Waals surface area contributed by atoms with Gasteiger partial charge in [0.2, 0.25) is 17.7 Å². The largest absolute Gasteiger partial charge is 0.471 e. The minimum atomic E-state index is -4.76. The van der Waals surface area contributed by atoms with Crippen molar-refractivity contribution in [1.82, 2.24) is 25.6 Å². The number of amides is 2. The topological polar surface area (TPSA) is 121 Å². The van der Waals surface area contributed by atoms with Crippen molar-refractivity contribution < 1.29 is 49.4 Å². The van der Waals surface area contributed by atoms with E-state index in [0.717, 1.165) is 31.4 Å². The second kappa shape index (κ2) is 13.3. The molecule has 9 nitrogen and oxygen atoms in total. The van der Waals surface area contributed by atoms with E-state index >= 15 is 0 Å². The van der Waals surface area contributed by atoms with Crippen LogP contribution in [-0.2, 0) is 17.5 Å². The molecule has 2 amide bonds. The number of alkyl halides is 8. The summed E-state index contributed by atoms with van der Waals surface area (Å²) in [5.41, 5.74) is -1.51. The first-order valence-corrected chi connectivity index (χ1v) is 14.6. The van der Waals surface area contributed by atoms with Gasteiger partial charge in [0.1, 0.15) is 5.56 Å². The highest BCUT2D eigenvalue weighted by atomic mass is 19.4. The van der Waals surface area contributed by atoms with E-state index in [-0.39, 0.29) is 66.7 Å². The molecule has 0 radical (unpaired) electrons. The Labute approximate surface area is 256 Å². The van der Waals surface area contributed by atoms with E-state index in [0.29, 0.717) is 5.56 Å². The molecule has 0 aliphatic heterocycles. The lowest BCUT2D eigenvalue weighted by atomic mass is 9.85. The number of anilines is 2. The number of benzene rings is 1. The first kappa shape index (κ1) is 33.2. The molecule has 2 fully saturated rings. The van der Waals surface area contributed by atoms with E-state index in [9.17, 15) is 44.7 Å². The summed E-state index contributed by atoms with van der Waals surface area (Å²) in [5, 5.41) is 7.86. The van der Waals surface area contributed by atoms with Gasteiger partial charge in [0.05, 0.1) is 22.7 Å². The Morgan fingerprint density at radius 2 is 1.70 bits per heavy atom. The first-order valence-electron chi connectivity index (χ1n) is 14.6. The number of nitrogens with one attached hydrogen (secondary N) is 4. The van der Waals surface area contributed by atoms with Gasteiger partial charge in [0.25, 0.3) is 12.3 Å². The minimum absolute atomic E-state index is 0.00893. The average molecular weight is 663 g/mol. The number of rotatable bonds is 10. The lowest BCUT2D eigenvalue weighted by Crippen LogP contribution is -2.40. The highest BCUT2D eigenvalue weighted by Gasteiger charge is 2.41. The smallest absolute Gasteiger partial charge is 0.418 e. The SMILES string of the molecule is O=C(NC1CCC(C(F)(F)F)CC1)c1cc2[nH]c(Nc3cc(CNC(=O)C4CCC4)ccc3C(F)(F)F)nc2nc1OCC(F)F. The Kier molecular flexibility index (Phi) is 9.58. The molecule has 0 spiro atoms. The molecule has 17 heteroatoms. The van der Waals surface area contributed by atoms with Crippen LogP contribution in [0.15, 0.2) is 24.3 Å². The Bertz CT molecular complexity index is 1560. The van der Waals surface area contributed by atoms with E-state index in [1.807, 2.05) is 0 Å². The standard InChI is InChI=1S/C29H30F8N6O3/c30-22(31)13-46-26-18(25(45)39-17-7-5-16(6-8-17)28(32,33)34)11-21-23(42-26)43-27(41-21)40-20-10-14(4-9-19(20)29(35,36)37)12-38-24(44)15-2-1-3-15/h4,9-11,15-17,22H,1-3,5-8,12-13H2,(H,38,44)(H,39,45)(H2,40,41,42,43). The normalized spacial score (nSPS) is 19.2. The Morgan fingerprint density at radius 1 is 0.978 bits per heavy atom. The number of nitrogens with zero attached hydrogens (tertiary/aromatic N) is 2. The van der Waals surface area contributed by atoms with Crippen molar-refractivity contribution >= 4 is 34.6 Å². The molecule has 2 aliphatic rings. The Hall–Kier alpha value is -4.18. The third kappa shape index (κ3) is 7.96. The third-order valence-electron chi connectivity index (χ3n) is 8.14. The number of halogens is 8. The van der Waals surface area contributed by atoms with Crippen molar-refractivity contribution in [2.45, 2.75) is 76.3 Å². The van der Waals surface area contributed by atoms with Gasteiger partial charge in [-0.2, -0.15) is 36.3 Å². The molecule has 2 aromatic heterocycles. The number of H-pyrrole nitrogens is 1. The first-order chi connectivity index (χ1) is 21.7. The molecule has 2 heterocycles. The summed E-state index contributed by atoms with van der Waals surface area (Å²) in [6.45, 7) is -1.14. The summed E-state index contributed by atoms with van der Waals surface area (Å²) in [6, 6.07) is 3.84. The number of fused-ring (bicyclic) bond motifs is 1. The zero-order valence-electron chi connectivity index (χ0n) is 24.1. The summed E-state index contributed by atoms with van der Waals surface area (Å²) >= 11 is 0. The molecule has 2 aliphatic carbocycles. The maximum atomic E-state index is 13.8. The van der Waals surface area contributed by atoms with Crippen LogP contribution in [0.3, 0.4) is 0 Å². The fourth-order valence-electron chi connectivity index (χ4n) is 5.41. The van der Waals surface area contributed by atoms with Gasteiger partial charge in [-0.25, -0.2) is 8.78 Å². The average Bonchev–Trinajstić information content (AvgIpc) is 3.33. The van der Waals surface area contributed by atoms with Crippen LogP contribution in [0.5, 0.6) is 5.88 Å². The van der Waals surface area contributed by atoms with E-state index < -0.39 is 60.4 Å². The van der Waals surface area contributed by atoms with Gasteiger partial charge in [-0.3, -0.25) is 9.59 Å². The predicted octanol–water partition coefficient (Wildman–Crippen LogP) is 6.63. The molecule has 1 aromatic carbocycles. The van der Waals surface area contributed by atoms with Crippen molar-refractivity contribution in [3.05, 3.63) is 41.0 Å². The van der Waals surface area contributed by atoms with Crippen LogP contribution in [0, 0.1) is 11.8 Å². The summed E-state index contributed by atoms with van der Waals surface area (Å²) in [7, 11) is 0. The van der Waals surface area contributed by atoms with Crippen molar-refractivity contribution in [1.29, 1.82) is 0 Å². The number of carbonyl (C=O) groups is 2. The lowest BCUT2D eigenvalue weighted by Gasteiger charge is -2.30. The summed E-state index contributed by atoms with van der Waals surface area (Å²) in [4.78, 5) is 36.1. The number of carbonyl (C=O) groups excluding carboxylic acids is 2. The van der Waals surface area contributed by atoms with Crippen molar-refractivity contribution in [2.24, 2.45) is 11.8 Å². The number of aromatic amines is 1. The van der Waals surface area contributed by atoms with Gasteiger partial charge < -0.3 is 25.7 Å². The monoisotopic (exact) mass is 662 g/mol. The highest BCUT2D eigenvalue weighted by Crippen LogP contribution is 2.39. The summed E-state index contributed by atoms with van der Waals surface area (Å²) < 4.78 is 112. The molecule has 0 saturated heterocycles. The number of hydrogen-bond donors (Lipinski definition) is 4. The maximum absolute atomic E-state index is 13.8. The molecule has 0 bridgehead atoms. The molecule has 2 saturated carbocycles. The number of pyridine rings is 1. The van der Waals surface area contributed by atoms with E-state index in [4.69, 9.17) is 4.74 Å². The molecule has 4 N–H and O–H groups in total. The molecule has 250 valence electrons. The van der Waals surface area contributed by atoms with Gasteiger partial charge >= 0.3 is 12.4 Å². The molecule has 46 heavy (non-hydrogen) atoms. The summed E-state index contributed by atoms with van der Waals surface area (Å²) in [6.07, 6.45) is -9.88. The van der Waals surface area contributed by atoms with Crippen molar-refractivity contribution in [3.63, 3.8) is 0 Å². The van der Waals surface area contributed by atoms with Crippen LogP contribution < -0.4 is 20.7 Å². The van der Waals surface area contributed by atoms with Gasteiger partial charge in [-0.05, 0) is 62.3 Å². The molecular weight excluding hydrogens is 632 g/mol. The number of imidazole rings is 1. The number of hydrogen-bond acceptors (Lipinski definition) is 6. The molecule has 5 rings (SSSR count). The quantitative estimate of drug-likeness (QED) is 0.181. The lowest BCUT2D eigenvalue weighted by molar-refractivity contribution is -0.182. The second-order valence-corrected chi connectivity index (χ2v) is 11.4. The molecule has 0 unspecified atom stereocenters. The Balaban J connectivity index is 1.37. The molecule has 3 aromatic rings. The predicted molar refractivity (Wildman–Crippen MR) is 149 cm³/mol. The maximum Gasteiger partial charge on any atom is 0.418 e. The third-order valence-corrected chi connectivity index (χ3v) is 8.14. The van der Waals surface area contributed by atoms with Crippen LogP contribution in [0.25, 0.3) is 11.2 Å². The zero-order valence-corrected chi connectivity index (χ0v) is 24.1. The fraction of sp³-hybridized carbons (Fsp3) is 0.517. The Morgan fingerprint density at radius 3 is 2.30 bits per heavy atom. The number of aromatic nitrogens is 3. The van der Waals surface area contributed by atoms with E-state index in [1.54, 1.807) is 0 Å². The van der Waals surface area contributed by atoms with Gasteiger partial charge in [0, 0.05) is 18.5 Å². The van der Waals surface area contributed by atoms with Crippen LogP contribution in [0.4, 0.5) is 46.8 Å². The fourth-order valence-corrected chi connectivity index (χ4v) is 5.41. The summed E-state index contributed by atoms with van der Waals surface area (Å²) in [5.74, 6) is -3.37. The van der Waals surface area contributed by atoms with Crippen molar-refractivity contribution in [2.75, 3.05) is 11.9 Å². The minimum Gasteiger partial charge on any atom is -0.471 e. The van der Waals surface area contributed by atoms with Crippen LogP contribution >= 0.6 is 0 Å². The van der Waals surface area contributed by atoms with Crippen LogP contribution in [0.2, 0.25) is 0 Å². The number of ether oxygens (including phenoxy) is 1. The van der Waals surface area contributed by atoms with Crippen LogP contribution in [0.1, 0.15) is 66.4 Å². The highest BCUT2D eigenvalue weighted by molar-refractivity contribution is 5.99. The van der Waals surface area contributed by atoms with Gasteiger partial charge in [0.15, 0.2) is 12.3 Å². The van der Waals surface area contributed by atoms with Gasteiger partial charge in [-0.15, -0.1) is 0 Å². The van der Waals surface area contributed by atoms with E-state index in [2.05, 4.69) is 30.9 Å². The van der Waals surface area contributed by atoms with E-state index in [1.165, 1.54) is 12.1 Å². The zero-order chi connectivity index (χ0) is 33.2. The molecule has 0 atom stereocenters. The molecular formula is C29H30F8N6O3. The van der Waals surface area contributed by atoms with Crippen molar-refractivity contribution in [3.8, 4) is 5.88 Å². The van der Waals surface area contributed by atoms with Crippen LogP contribution in [-0.4, -0.2) is 52.0 Å².